The van der Waals surface area contributed by atoms with E-state index in [9.17, 15) is 8.78 Å². The second kappa shape index (κ2) is 5.90. The Morgan fingerprint density at radius 1 is 1.24 bits per heavy atom. The summed E-state index contributed by atoms with van der Waals surface area (Å²) in [7, 11) is -1.12. The molecule has 0 bridgehead atoms. The van der Waals surface area contributed by atoms with Crippen LogP contribution >= 0.6 is 38.5 Å². The molecule has 0 atom stereocenters. The summed E-state index contributed by atoms with van der Waals surface area (Å²) in [5.74, 6) is -0.506. The molecule has 1 aromatic rings. The Labute approximate surface area is 145 Å². The standard InChI is InChI=1S/C14H15BBrF2IO2/c1-13(2)14(3,4)21-15(20-13)11(17)7-8-10(19)6-5-9(16)12(8)18/h5-7H,1-4H3. The third-order valence-corrected chi connectivity index (χ3v) is 5.39. The smallest absolute Gasteiger partial charge is 0.398 e. The number of hydrogen-bond donors (Lipinski definition) is 0. The van der Waals surface area contributed by atoms with Gasteiger partial charge in [0.25, 0.3) is 0 Å². The molecule has 0 unspecified atom stereocenters. The lowest BCUT2D eigenvalue weighted by atomic mass is 9.87. The zero-order valence-electron chi connectivity index (χ0n) is 12.1. The normalized spacial score (nSPS) is 21.0. The van der Waals surface area contributed by atoms with Crippen molar-refractivity contribution in [1.82, 2.24) is 0 Å². The van der Waals surface area contributed by atoms with Gasteiger partial charge in [-0.2, -0.15) is 0 Å². The van der Waals surface area contributed by atoms with Gasteiger partial charge in [0.05, 0.1) is 15.7 Å². The number of hydrogen-bond acceptors (Lipinski definition) is 2. The first kappa shape index (κ1) is 17.4. The Balaban J connectivity index is 2.34. The molecule has 0 amide bonds. The van der Waals surface area contributed by atoms with Crippen LogP contribution in [-0.4, -0.2) is 18.3 Å². The minimum atomic E-state index is -1.12. The second-order valence-electron chi connectivity index (χ2n) is 5.87. The number of rotatable bonds is 2. The van der Waals surface area contributed by atoms with E-state index in [4.69, 9.17) is 9.31 Å². The van der Waals surface area contributed by atoms with Crippen LogP contribution in [0.1, 0.15) is 33.3 Å². The molecule has 1 aromatic carbocycles. The first-order valence-corrected chi connectivity index (χ1v) is 8.28. The molecule has 0 spiro atoms. The lowest BCUT2D eigenvalue weighted by molar-refractivity contribution is 0.00578. The van der Waals surface area contributed by atoms with Gasteiger partial charge in [0.1, 0.15) is 11.5 Å². The van der Waals surface area contributed by atoms with Crippen molar-refractivity contribution in [1.29, 1.82) is 0 Å². The predicted octanol–water partition coefficient (Wildman–Crippen LogP) is 5.13. The van der Waals surface area contributed by atoms with Crippen molar-refractivity contribution in [3.05, 3.63) is 37.3 Å². The molecular weight excluding hydrogens is 456 g/mol. The first-order chi connectivity index (χ1) is 9.55. The zero-order chi connectivity index (χ0) is 16.0. The van der Waals surface area contributed by atoms with Crippen LogP contribution in [0.4, 0.5) is 8.78 Å². The highest BCUT2D eigenvalue weighted by Gasteiger charge is 2.53. The maximum absolute atomic E-state index is 14.4. The highest BCUT2D eigenvalue weighted by molar-refractivity contribution is 14.1. The van der Waals surface area contributed by atoms with Crippen molar-refractivity contribution in [3.63, 3.8) is 0 Å². The first-order valence-electron chi connectivity index (χ1n) is 6.41. The van der Waals surface area contributed by atoms with E-state index >= 15 is 0 Å². The van der Waals surface area contributed by atoms with E-state index < -0.39 is 29.9 Å². The fourth-order valence-corrected chi connectivity index (χ4v) is 2.75. The van der Waals surface area contributed by atoms with Crippen molar-refractivity contribution >= 4 is 51.7 Å². The summed E-state index contributed by atoms with van der Waals surface area (Å²) in [5, 5.41) is 0. The summed E-state index contributed by atoms with van der Waals surface area (Å²) in [5.41, 5.74) is -1.74. The van der Waals surface area contributed by atoms with Crippen molar-refractivity contribution in [2.45, 2.75) is 38.9 Å². The van der Waals surface area contributed by atoms with Gasteiger partial charge < -0.3 is 9.31 Å². The fourth-order valence-electron chi connectivity index (χ4n) is 1.84. The SMILES string of the molecule is CC1(C)OB(C(F)=Cc2c(I)ccc(Br)c2F)OC1(C)C. The van der Waals surface area contributed by atoms with Crippen LogP contribution in [0.2, 0.25) is 0 Å². The Morgan fingerprint density at radius 3 is 2.29 bits per heavy atom. The van der Waals surface area contributed by atoms with Crippen LogP contribution in [0.3, 0.4) is 0 Å². The second-order valence-corrected chi connectivity index (χ2v) is 7.89. The van der Waals surface area contributed by atoms with Crippen LogP contribution in [-0.2, 0) is 9.31 Å². The van der Waals surface area contributed by atoms with Gasteiger partial charge in [0.2, 0.25) is 0 Å². The van der Waals surface area contributed by atoms with Gasteiger partial charge in [0, 0.05) is 9.13 Å². The van der Waals surface area contributed by atoms with E-state index in [-0.39, 0.29) is 10.0 Å². The highest BCUT2D eigenvalue weighted by atomic mass is 127. The lowest BCUT2D eigenvalue weighted by Crippen LogP contribution is -2.41. The molecule has 7 heteroatoms. The van der Waals surface area contributed by atoms with E-state index in [1.165, 1.54) is 0 Å². The molecule has 2 nitrogen and oxygen atoms in total. The molecule has 114 valence electrons. The van der Waals surface area contributed by atoms with Crippen molar-refractivity contribution in [3.8, 4) is 0 Å². The Kier molecular flexibility index (Phi) is 4.88. The van der Waals surface area contributed by atoms with Gasteiger partial charge in [-0.1, -0.05) is 0 Å². The monoisotopic (exact) mass is 470 g/mol. The summed E-state index contributed by atoms with van der Waals surface area (Å²) in [6.07, 6.45) is 1.13. The van der Waals surface area contributed by atoms with Crippen LogP contribution in [0.5, 0.6) is 0 Å². The minimum Gasteiger partial charge on any atom is -0.398 e. The van der Waals surface area contributed by atoms with Crippen molar-refractivity contribution in [2.24, 2.45) is 0 Å². The molecule has 2 rings (SSSR count). The average Bonchev–Trinajstić information content (AvgIpc) is 2.59. The van der Waals surface area contributed by atoms with Gasteiger partial charge >= 0.3 is 7.12 Å². The molecule has 1 aliphatic rings. The topological polar surface area (TPSA) is 18.5 Å². The fraction of sp³-hybridized carbons (Fsp3) is 0.429. The van der Waals surface area contributed by atoms with Gasteiger partial charge in [-0.3, -0.25) is 0 Å². The van der Waals surface area contributed by atoms with Crippen molar-refractivity contribution in [2.75, 3.05) is 0 Å². The average molecular weight is 471 g/mol. The van der Waals surface area contributed by atoms with Gasteiger partial charge in [-0.25, -0.2) is 8.78 Å². The largest absolute Gasteiger partial charge is 0.525 e. The Morgan fingerprint density at radius 2 is 1.76 bits per heavy atom. The third kappa shape index (κ3) is 3.35. The van der Waals surface area contributed by atoms with E-state index in [1.807, 2.05) is 50.3 Å². The molecule has 0 radical (unpaired) electrons. The molecule has 0 N–H and O–H groups in total. The van der Waals surface area contributed by atoms with Crippen LogP contribution in [0.15, 0.2) is 22.3 Å². The van der Waals surface area contributed by atoms with Crippen molar-refractivity contribution < 1.29 is 18.1 Å². The maximum Gasteiger partial charge on any atom is 0.525 e. The molecule has 0 saturated carbocycles. The summed E-state index contributed by atoms with van der Waals surface area (Å²) >= 11 is 5.06. The van der Waals surface area contributed by atoms with E-state index in [0.717, 1.165) is 6.08 Å². The van der Waals surface area contributed by atoms with E-state index in [0.29, 0.717) is 3.57 Å². The molecule has 1 saturated heterocycles. The number of benzene rings is 1. The van der Waals surface area contributed by atoms with E-state index in [1.54, 1.807) is 12.1 Å². The lowest BCUT2D eigenvalue weighted by Gasteiger charge is -2.32. The minimum absolute atomic E-state index is 0.178. The van der Waals surface area contributed by atoms with Gasteiger partial charge in [-0.15, -0.1) is 0 Å². The molecule has 0 aromatic heterocycles. The van der Waals surface area contributed by atoms with Crippen LogP contribution in [0.25, 0.3) is 6.08 Å². The van der Waals surface area contributed by atoms with Crippen LogP contribution in [0, 0.1) is 9.39 Å². The predicted molar refractivity (Wildman–Crippen MR) is 92.0 cm³/mol. The molecular formula is C14H15BBrF2IO2. The Bertz CT molecular complexity index is 589. The maximum atomic E-state index is 14.4. The molecule has 1 heterocycles. The van der Waals surface area contributed by atoms with Gasteiger partial charge in [-0.05, 0) is 84.4 Å². The molecule has 1 fully saturated rings. The summed E-state index contributed by atoms with van der Waals surface area (Å²) in [6.45, 7) is 7.35. The summed E-state index contributed by atoms with van der Waals surface area (Å²) in [4.78, 5) is 0. The van der Waals surface area contributed by atoms with Gasteiger partial charge in [0.15, 0.2) is 0 Å². The molecule has 0 aliphatic carbocycles. The number of halogens is 4. The molecule has 1 aliphatic heterocycles. The summed E-state index contributed by atoms with van der Waals surface area (Å²) in [6, 6.07) is 3.29. The Hall–Kier alpha value is 0.0149. The third-order valence-electron chi connectivity index (χ3n) is 3.84. The summed E-state index contributed by atoms with van der Waals surface area (Å²) < 4.78 is 40.6. The van der Waals surface area contributed by atoms with E-state index in [2.05, 4.69) is 15.9 Å². The zero-order valence-corrected chi connectivity index (χ0v) is 15.9. The van der Waals surface area contributed by atoms with Crippen LogP contribution < -0.4 is 0 Å². The quantitative estimate of drug-likeness (QED) is 0.339. The highest BCUT2D eigenvalue weighted by Crippen LogP contribution is 2.39. The molecule has 21 heavy (non-hydrogen) atoms.